The van der Waals surface area contributed by atoms with Gasteiger partial charge in [-0.1, -0.05) is 109 Å². The number of aromatic nitrogens is 4. The number of thiophene rings is 3. The van der Waals surface area contributed by atoms with Crippen LogP contribution in [0.4, 0.5) is 0 Å². The van der Waals surface area contributed by atoms with Crippen molar-refractivity contribution in [3.63, 3.8) is 0 Å². The van der Waals surface area contributed by atoms with Crippen LogP contribution in [-0.2, 0) is 0 Å². The van der Waals surface area contributed by atoms with Gasteiger partial charge in [0, 0.05) is 93.1 Å². The van der Waals surface area contributed by atoms with Gasteiger partial charge in [-0.2, -0.15) is 0 Å². The Morgan fingerprint density at radius 3 is 1.48 bits per heavy atom. The molecule has 0 N–H and O–H groups in total. The summed E-state index contributed by atoms with van der Waals surface area (Å²) in [6.45, 7) is 0. The Hall–Kier alpha value is -7.40. The topological polar surface area (TPSA) is 64.7 Å². The van der Waals surface area contributed by atoms with Crippen LogP contribution in [-0.4, -0.2) is 28.0 Å². The van der Waals surface area contributed by atoms with E-state index in [1.54, 1.807) is 0 Å². The van der Waals surface area contributed by atoms with Gasteiger partial charge in [0.1, 0.15) is 11.3 Å². The van der Waals surface area contributed by atoms with Crippen LogP contribution < -0.4 is 21.0 Å². The van der Waals surface area contributed by atoms with Gasteiger partial charge in [0.2, 0.25) is 8.07 Å². The predicted octanol–water partition coefficient (Wildman–Crippen LogP) is 13.0. The molecule has 0 bridgehead atoms. The third-order valence-corrected chi connectivity index (χ3v) is 21.6. The van der Waals surface area contributed by atoms with E-state index in [1.165, 1.54) is 70.9 Å². The Morgan fingerprint density at radius 2 is 0.831 bits per heavy atom. The van der Waals surface area contributed by atoms with Crippen molar-refractivity contribution in [1.82, 2.24) is 19.9 Å². The molecule has 0 aliphatic rings. The first-order valence-electron chi connectivity index (χ1n) is 21.5. The molecule has 9 heteroatoms. The van der Waals surface area contributed by atoms with Crippen LogP contribution in [0.25, 0.3) is 105 Å². The van der Waals surface area contributed by atoms with Crippen molar-refractivity contribution in [1.29, 1.82) is 0 Å². The number of nitrogens with zero attached hydrogens (tertiary/aromatic N) is 4. The molecule has 8 heterocycles. The van der Waals surface area contributed by atoms with E-state index >= 15 is 0 Å². The summed E-state index contributed by atoms with van der Waals surface area (Å²) in [5.41, 5.74) is 5.66. The van der Waals surface area contributed by atoms with Gasteiger partial charge >= 0.3 is 0 Å². The zero-order chi connectivity index (χ0) is 42.6. The van der Waals surface area contributed by atoms with E-state index in [-0.39, 0.29) is 0 Å². The van der Waals surface area contributed by atoms with Crippen LogP contribution in [0.5, 0.6) is 0 Å². The van der Waals surface area contributed by atoms with Gasteiger partial charge < -0.3 is 4.42 Å². The van der Waals surface area contributed by atoms with Gasteiger partial charge in [-0.15, -0.1) is 34.0 Å². The Kier molecular flexibility index (Phi) is 8.15. The van der Waals surface area contributed by atoms with E-state index < -0.39 is 8.07 Å². The number of furan rings is 1. The molecule has 0 saturated carbocycles. The van der Waals surface area contributed by atoms with E-state index in [1.807, 2.05) is 77.0 Å². The quantitative estimate of drug-likeness (QED) is 0.156. The van der Waals surface area contributed by atoms with E-state index in [4.69, 9.17) is 24.4 Å². The van der Waals surface area contributed by atoms with E-state index in [2.05, 4.69) is 152 Å². The maximum Gasteiger partial charge on any atom is 0.227 e. The normalized spacial score (nSPS) is 12.3. The van der Waals surface area contributed by atoms with Crippen molar-refractivity contribution in [2.75, 3.05) is 0 Å². The summed E-state index contributed by atoms with van der Waals surface area (Å²) in [7, 11) is -3.26. The molecular formula is C56H32N4OS3Si. The van der Waals surface area contributed by atoms with Gasteiger partial charge in [-0.25, -0.2) is 0 Å². The number of hydrogen-bond acceptors (Lipinski definition) is 8. The summed E-state index contributed by atoms with van der Waals surface area (Å²) in [5.74, 6) is 0. The van der Waals surface area contributed by atoms with Crippen LogP contribution in [0.15, 0.2) is 199 Å². The lowest BCUT2D eigenvalue weighted by molar-refractivity contribution is 0.668. The zero-order valence-electron chi connectivity index (χ0n) is 34.4. The van der Waals surface area contributed by atoms with Crippen molar-refractivity contribution < 1.29 is 4.42 Å². The van der Waals surface area contributed by atoms with Crippen molar-refractivity contribution in [3.8, 4) is 22.5 Å². The summed E-state index contributed by atoms with van der Waals surface area (Å²) >= 11 is 5.48. The average molecular weight is 901 g/mol. The number of benzene rings is 6. The molecule has 0 aliphatic heterocycles. The fourth-order valence-corrected chi connectivity index (χ4v) is 19.3. The van der Waals surface area contributed by atoms with Gasteiger partial charge in [-0.05, 0) is 71.0 Å². The molecule has 0 spiro atoms. The lowest BCUT2D eigenvalue weighted by Crippen LogP contribution is -2.76. The maximum atomic E-state index is 6.47. The van der Waals surface area contributed by atoms with Crippen molar-refractivity contribution in [3.05, 3.63) is 195 Å². The smallest absolute Gasteiger partial charge is 0.227 e. The van der Waals surface area contributed by atoms with Crippen molar-refractivity contribution in [2.24, 2.45) is 0 Å². The second-order valence-corrected chi connectivity index (χ2v) is 23.2. The molecule has 0 atom stereocenters. The average Bonchev–Trinajstić information content (AvgIpc) is 4.15. The lowest BCUT2D eigenvalue weighted by Gasteiger charge is -2.32. The largest absolute Gasteiger partial charge is 0.454 e. The molecule has 14 rings (SSSR count). The molecule has 304 valence electrons. The second kappa shape index (κ2) is 14.3. The predicted molar refractivity (Wildman–Crippen MR) is 278 cm³/mol. The van der Waals surface area contributed by atoms with E-state index in [9.17, 15) is 0 Å². The van der Waals surface area contributed by atoms with Crippen LogP contribution in [0, 0.1) is 0 Å². The summed E-state index contributed by atoms with van der Waals surface area (Å²) in [6, 6.07) is 61.1. The second-order valence-electron chi connectivity index (χ2n) is 16.4. The summed E-state index contributed by atoms with van der Waals surface area (Å²) in [6.07, 6.45) is 7.89. The Balaban J connectivity index is 1.02. The SMILES string of the molecule is c1ccc([Si](c2ccccc2)(c2nccc3c2sc2ccc(-c4nccc5c4oc4ccccc45)cc23)c2nccc3c2sc2ccc(-c4nccc5c4sc4ccccc45)cc23)cc1. The minimum atomic E-state index is -3.26. The number of pyridine rings is 4. The first-order valence-corrected chi connectivity index (χ1v) is 25.9. The lowest BCUT2D eigenvalue weighted by atomic mass is 10.1. The molecule has 0 saturated heterocycles. The van der Waals surface area contributed by atoms with Gasteiger partial charge in [0.25, 0.3) is 0 Å². The van der Waals surface area contributed by atoms with Crippen LogP contribution >= 0.6 is 34.0 Å². The highest BCUT2D eigenvalue weighted by atomic mass is 32.1. The third kappa shape index (κ3) is 5.41. The summed E-state index contributed by atoms with van der Waals surface area (Å²) in [5, 5.41) is 14.1. The van der Waals surface area contributed by atoms with Crippen molar-refractivity contribution >= 4 is 146 Å². The van der Waals surface area contributed by atoms with Crippen LogP contribution in [0.3, 0.4) is 0 Å². The summed E-state index contributed by atoms with van der Waals surface area (Å²) in [4.78, 5) is 20.9. The van der Waals surface area contributed by atoms with Crippen LogP contribution in [0.2, 0.25) is 0 Å². The highest BCUT2D eigenvalue weighted by Gasteiger charge is 2.47. The number of hydrogen-bond donors (Lipinski definition) is 0. The first kappa shape index (κ1) is 37.0. The molecular weight excluding hydrogens is 869 g/mol. The highest BCUT2D eigenvalue weighted by Crippen LogP contribution is 2.43. The molecule has 6 aromatic carbocycles. The molecule has 0 fully saturated rings. The third-order valence-electron chi connectivity index (χ3n) is 13.0. The highest BCUT2D eigenvalue weighted by molar-refractivity contribution is 7.33. The minimum Gasteiger partial charge on any atom is -0.454 e. The van der Waals surface area contributed by atoms with E-state index in [0.717, 1.165) is 55.1 Å². The van der Waals surface area contributed by atoms with Crippen molar-refractivity contribution in [2.45, 2.75) is 0 Å². The number of rotatable bonds is 6. The fourth-order valence-electron chi connectivity index (χ4n) is 10.2. The molecule has 0 aliphatic carbocycles. The molecule has 0 unspecified atom stereocenters. The standard InChI is InChI=1S/C56H32N4OS3Si/c1-3-11-35(12-4-1)65(36-13-5-2-6-14-36,55-53-41(25-29-59-55)43-31-33(19-21-47(43)63-53)49-51-39(23-27-57-49)37-15-7-9-17-45(37)61-51)56-54-42(26-30-60-56)44-32-34(20-22-48(44)64-54)50-52-40(24-28-58-50)38-16-8-10-18-46(38)62-52/h1-32H. The van der Waals surface area contributed by atoms with E-state index in [0.29, 0.717) is 0 Å². The molecule has 5 nitrogen and oxygen atoms in total. The molecule has 8 aromatic heterocycles. The van der Waals surface area contributed by atoms with Gasteiger partial charge in [-0.3, -0.25) is 19.9 Å². The monoisotopic (exact) mass is 900 g/mol. The summed E-state index contributed by atoms with van der Waals surface area (Å²) < 4.78 is 13.8. The minimum absolute atomic E-state index is 0.803. The Labute approximate surface area is 384 Å². The zero-order valence-corrected chi connectivity index (χ0v) is 37.8. The Morgan fingerprint density at radius 1 is 0.354 bits per heavy atom. The van der Waals surface area contributed by atoms with Gasteiger partial charge in [0.05, 0.1) is 30.4 Å². The molecule has 0 amide bonds. The molecule has 0 radical (unpaired) electrons. The fraction of sp³-hybridized carbons (Fsp3) is 0. The Bertz CT molecular complexity index is 3940. The first-order chi connectivity index (χ1) is 32.2. The maximum absolute atomic E-state index is 6.47. The van der Waals surface area contributed by atoms with Crippen LogP contribution in [0.1, 0.15) is 0 Å². The number of fused-ring (bicyclic) bond motifs is 12. The van der Waals surface area contributed by atoms with Gasteiger partial charge in [0.15, 0.2) is 5.58 Å². The molecule has 14 aromatic rings. The molecule has 65 heavy (non-hydrogen) atoms. The number of para-hydroxylation sites is 1.